The lowest BCUT2D eigenvalue weighted by Crippen LogP contribution is -2.01. The topological polar surface area (TPSA) is 58.9 Å². The monoisotopic (exact) mass is 245 g/mol. The van der Waals surface area contributed by atoms with Crippen LogP contribution in [0.25, 0.3) is 0 Å². The van der Waals surface area contributed by atoms with Crippen LogP contribution in [0.5, 0.6) is 5.75 Å². The van der Waals surface area contributed by atoms with Crippen molar-refractivity contribution in [1.29, 1.82) is 0 Å². The first-order valence-electron chi connectivity index (χ1n) is 4.19. The van der Waals surface area contributed by atoms with Gasteiger partial charge in [-0.05, 0) is 37.5 Å². The Bertz CT molecular complexity index is 331. The van der Waals surface area contributed by atoms with Crippen molar-refractivity contribution in [1.82, 2.24) is 0 Å². The van der Waals surface area contributed by atoms with E-state index in [1.807, 2.05) is 6.92 Å². The van der Waals surface area contributed by atoms with Crippen LogP contribution in [-0.2, 0) is 0 Å². The minimum absolute atomic E-state index is 0.208. The first-order valence-corrected chi connectivity index (χ1v) is 5.15. The molecule has 0 spiro atoms. The molecule has 0 saturated heterocycles. The van der Waals surface area contributed by atoms with Gasteiger partial charge in [-0.1, -0.05) is 12.1 Å². The Kier molecular flexibility index (Phi) is 7.79. The Hall–Kier alpha value is -0.980. The highest BCUT2D eigenvalue weighted by Gasteiger charge is 2.08. The normalized spacial score (nSPS) is 8.40. The minimum Gasteiger partial charge on any atom is -0.493 e. The van der Waals surface area contributed by atoms with E-state index in [-0.39, 0.29) is 5.56 Å². The molecule has 1 atom stereocenters. The molecule has 0 aliphatic heterocycles. The molecular weight excluding hydrogens is 232 g/mol. The van der Waals surface area contributed by atoms with Gasteiger partial charge in [0.05, 0.1) is 6.61 Å². The maximum atomic E-state index is 10.6. The maximum absolute atomic E-state index is 10.6. The number of hydrogen-bond donors (Lipinski definition) is 1. The molecule has 0 radical (unpaired) electrons. The van der Waals surface area contributed by atoms with Crippen molar-refractivity contribution < 1.29 is 14.6 Å². The van der Waals surface area contributed by atoms with Crippen LogP contribution in [0, 0.1) is 0 Å². The van der Waals surface area contributed by atoms with Gasteiger partial charge in [-0.25, -0.2) is 4.79 Å². The molecule has 0 aliphatic rings. The van der Waals surface area contributed by atoms with Crippen LogP contribution in [0.15, 0.2) is 28.8 Å². The van der Waals surface area contributed by atoms with Crippen molar-refractivity contribution in [3.63, 3.8) is 0 Å². The number of benzene rings is 1. The predicted molar refractivity (Wildman–Crippen MR) is 65.0 cm³/mol. The summed E-state index contributed by atoms with van der Waals surface area (Å²) in [5.41, 5.74) is 0.208. The highest BCUT2D eigenvalue weighted by Crippen LogP contribution is 2.17. The standard InChI is InChI=1S/C9H10O3.H3NP2/c1-2-12-8-6-4-3-5-7(8)9(10)11;2-1-3/h3-6H,2H2,1H3,(H,10,11);2H,3H2. The van der Waals surface area contributed by atoms with E-state index < -0.39 is 5.97 Å². The summed E-state index contributed by atoms with van der Waals surface area (Å²) in [7, 11) is 4.89. The summed E-state index contributed by atoms with van der Waals surface area (Å²) < 4.78 is 8.34. The van der Waals surface area contributed by atoms with Gasteiger partial charge in [-0.3, -0.25) is 4.52 Å². The summed E-state index contributed by atoms with van der Waals surface area (Å²) in [6.07, 6.45) is 0. The zero-order chi connectivity index (χ0) is 11.7. The predicted octanol–water partition coefficient (Wildman–Crippen LogP) is 2.89. The molecule has 1 aromatic rings. The van der Waals surface area contributed by atoms with Crippen LogP contribution in [0.1, 0.15) is 17.3 Å². The van der Waals surface area contributed by atoms with Crippen molar-refractivity contribution in [3.8, 4) is 5.75 Å². The fourth-order valence-electron chi connectivity index (χ4n) is 0.925. The van der Waals surface area contributed by atoms with E-state index in [0.29, 0.717) is 12.4 Å². The molecule has 0 heterocycles. The third kappa shape index (κ3) is 5.46. The number of carbonyl (C=O) groups is 1. The lowest BCUT2D eigenvalue weighted by molar-refractivity contribution is 0.0692. The zero-order valence-electron chi connectivity index (χ0n) is 8.30. The molecule has 1 aromatic carbocycles. The summed E-state index contributed by atoms with van der Waals surface area (Å²) in [6.45, 7) is 2.29. The zero-order valence-corrected chi connectivity index (χ0v) is 10.5. The van der Waals surface area contributed by atoms with Crippen LogP contribution >= 0.6 is 18.4 Å². The summed E-state index contributed by atoms with van der Waals surface area (Å²) in [5.74, 6) is -0.536. The van der Waals surface area contributed by atoms with Crippen LogP contribution < -0.4 is 4.74 Å². The fourth-order valence-corrected chi connectivity index (χ4v) is 0.925. The molecule has 0 aliphatic carbocycles. The number of hydrogen-bond acceptors (Lipinski definition) is 3. The van der Waals surface area contributed by atoms with Gasteiger partial charge in [0.1, 0.15) is 11.3 Å². The van der Waals surface area contributed by atoms with E-state index in [4.69, 9.17) is 9.84 Å². The van der Waals surface area contributed by atoms with Crippen molar-refractivity contribution >= 4 is 24.4 Å². The van der Waals surface area contributed by atoms with Gasteiger partial charge in [-0.2, -0.15) is 0 Å². The quantitative estimate of drug-likeness (QED) is 0.833. The van der Waals surface area contributed by atoms with E-state index in [2.05, 4.69) is 22.9 Å². The summed E-state index contributed by atoms with van der Waals surface area (Å²) in [6, 6.07) is 6.59. The van der Waals surface area contributed by atoms with Gasteiger partial charge >= 0.3 is 5.97 Å². The molecule has 0 bridgehead atoms. The van der Waals surface area contributed by atoms with Crippen LogP contribution in [0.3, 0.4) is 0 Å². The number of rotatable bonds is 3. The second kappa shape index (κ2) is 8.34. The average molecular weight is 245 g/mol. The summed E-state index contributed by atoms with van der Waals surface area (Å²) in [4.78, 5) is 10.6. The number of aromatic carboxylic acids is 1. The number of carboxylic acid groups (broad SMARTS) is 1. The van der Waals surface area contributed by atoms with Gasteiger partial charge in [0.2, 0.25) is 0 Å². The molecule has 0 aromatic heterocycles. The maximum Gasteiger partial charge on any atom is 0.339 e. The molecule has 0 saturated carbocycles. The van der Waals surface area contributed by atoms with E-state index in [0.717, 1.165) is 0 Å². The molecule has 0 fully saturated rings. The molecule has 0 amide bonds. The molecular formula is C9H13NO3P2. The molecule has 1 unspecified atom stereocenters. The van der Waals surface area contributed by atoms with Crippen molar-refractivity contribution in [3.05, 3.63) is 29.8 Å². The first-order chi connectivity index (χ1) is 7.17. The van der Waals surface area contributed by atoms with Crippen molar-refractivity contribution in [2.45, 2.75) is 6.92 Å². The highest BCUT2D eigenvalue weighted by molar-refractivity contribution is 7.23. The Morgan fingerprint density at radius 2 is 2.13 bits per heavy atom. The molecule has 6 heteroatoms. The highest BCUT2D eigenvalue weighted by atomic mass is 31.1. The number of carboxylic acids is 1. The van der Waals surface area contributed by atoms with Crippen LogP contribution in [0.4, 0.5) is 0 Å². The molecule has 1 N–H and O–H groups in total. The van der Waals surface area contributed by atoms with Crippen molar-refractivity contribution in [2.75, 3.05) is 6.61 Å². The van der Waals surface area contributed by atoms with Gasteiger partial charge in [-0.15, -0.1) is 0 Å². The largest absolute Gasteiger partial charge is 0.493 e. The third-order valence-electron chi connectivity index (χ3n) is 1.42. The lowest BCUT2D eigenvalue weighted by Gasteiger charge is -2.05. The second-order valence-electron chi connectivity index (χ2n) is 2.36. The number of nitrogens with zero attached hydrogens (tertiary/aromatic N) is 1. The Labute approximate surface area is 93.2 Å². The van der Waals surface area contributed by atoms with Gasteiger partial charge < -0.3 is 9.84 Å². The summed E-state index contributed by atoms with van der Waals surface area (Å²) >= 11 is 0. The van der Waals surface area contributed by atoms with Gasteiger partial charge in [0.15, 0.2) is 0 Å². The molecule has 82 valence electrons. The molecule has 1 rings (SSSR count). The smallest absolute Gasteiger partial charge is 0.339 e. The first kappa shape index (κ1) is 14.0. The van der Waals surface area contributed by atoms with E-state index >= 15 is 0 Å². The summed E-state index contributed by atoms with van der Waals surface area (Å²) in [5, 5.41) is 8.71. The van der Waals surface area contributed by atoms with E-state index in [9.17, 15) is 4.79 Å². The van der Waals surface area contributed by atoms with Gasteiger partial charge in [0, 0.05) is 0 Å². The minimum atomic E-state index is -0.959. The van der Waals surface area contributed by atoms with E-state index in [1.54, 1.807) is 18.2 Å². The van der Waals surface area contributed by atoms with E-state index in [1.165, 1.54) is 6.07 Å². The molecule has 15 heavy (non-hydrogen) atoms. The van der Waals surface area contributed by atoms with Gasteiger partial charge in [0.25, 0.3) is 0 Å². The number of ether oxygens (including phenoxy) is 1. The SMILES string of the molecule is CCOc1ccccc1C(=O)O.P=NP. The Morgan fingerprint density at radius 1 is 1.60 bits per heavy atom. The van der Waals surface area contributed by atoms with Crippen molar-refractivity contribution in [2.24, 2.45) is 4.52 Å². The Balaban J connectivity index is 0.000000583. The van der Waals surface area contributed by atoms with Crippen LogP contribution in [-0.4, -0.2) is 17.7 Å². The van der Waals surface area contributed by atoms with Crippen LogP contribution in [0.2, 0.25) is 0 Å². The molecule has 4 nitrogen and oxygen atoms in total. The Morgan fingerprint density at radius 3 is 2.60 bits per heavy atom. The number of para-hydroxylation sites is 1. The third-order valence-corrected chi connectivity index (χ3v) is 1.42. The fraction of sp³-hybridized carbons (Fsp3) is 0.222. The average Bonchev–Trinajstić information content (AvgIpc) is 2.20. The second-order valence-corrected chi connectivity index (χ2v) is 3.40. The lowest BCUT2D eigenvalue weighted by atomic mass is 10.2.